The van der Waals surface area contributed by atoms with Gasteiger partial charge in [-0.05, 0) is 36.6 Å². The summed E-state index contributed by atoms with van der Waals surface area (Å²) in [5.41, 5.74) is 0. The summed E-state index contributed by atoms with van der Waals surface area (Å²) < 4.78 is 5.56. The molecule has 2 aliphatic heterocycles. The maximum Gasteiger partial charge on any atom is 0.194 e. The van der Waals surface area contributed by atoms with Crippen LogP contribution in [0.2, 0.25) is 0 Å². The highest BCUT2D eigenvalue weighted by Gasteiger charge is 2.26. The molecule has 0 amide bonds. The predicted molar refractivity (Wildman–Crippen MR) is 125 cm³/mol. The van der Waals surface area contributed by atoms with E-state index in [1.807, 2.05) is 11.3 Å². The first kappa shape index (κ1) is 22.9. The molecule has 2 aliphatic rings. The molecular formula is C20H35IN4OS. The lowest BCUT2D eigenvalue weighted by atomic mass is 9.92. The van der Waals surface area contributed by atoms with Gasteiger partial charge in [-0.25, -0.2) is 0 Å². The van der Waals surface area contributed by atoms with Gasteiger partial charge in [0.1, 0.15) is 0 Å². The zero-order chi connectivity index (χ0) is 18.4. The van der Waals surface area contributed by atoms with E-state index in [2.05, 4.69) is 53.4 Å². The van der Waals surface area contributed by atoms with Crippen molar-refractivity contribution < 1.29 is 4.74 Å². The molecule has 1 N–H and O–H groups in total. The number of nitrogens with zero attached hydrogens (tertiary/aromatic N) is 3. The van der Waals surface area contributed by atoms with Gasteiger partial charge in [-0.3, -0.25) is 9.89 Å². The maximum atomic E-state index is 5.56. The van der Waals surface area contributed by atoms with Gasteiger partial charge >= 0.3 is 0 Å². The third-order valence-corrected chi connectivity index (χ3v) is 6.25. The third-order valence-electron chi connectivity index (χ3n) is 5.28. The Hall–Kier alpha value is -0.380. The number of thiophene rings is 1. The number of halogens is 1. The van der Waals surface area contributed by atoms with Crippen LogP contribution >= 0.6 is 35.3 Å². The van der Waals surface area contributed by atoms with Crippen LogP contribution in [0.3, 0.4) is 0 Å². The summed E-state index contributed by atoms with van der Waals surface area (Å²) in [6.07, 6.45) is 1.32. The quantitative estimate of drug-likeness (QED) is 0.376. The van der Waals surface area contributed by atoms with E-state index >= 15 is 0 Å². The Labute approximate surface area is 185 Å². The summed E-state index contributed by atoms with van der Waals surface area (Å²) in [4.78, 5) is 11.5. The highest BCUT2D eigenvalue weighted by atomic mass is 127. The smallest absolute Gasteiger partial charge is 0.194 e. The fourth-order valence-corrected chi connectivity index (χ4v) is 5.04. The second-order valence-electron chi connectivity index (χ2n) is 7.73. The lowest BCUT2D eigenvalue weighted by molar-refractivity contribution is 0.0186. The topological polar surface area (TPSA) is 40.1 Å². The molecule has 3 heterocycles. The summed E-state index contributed by atoms with van der Waals surface area (Å²) in [6.45, 7) is 14.4. The molecule has 7 heteroatoms. The molecule has 3 unspecified atom stereocenters. The number of ether oxygens (including phenoxy) is 1. The molecule has 0 spiro atoms. The van der Waals surface area contributed by atoms with Crippen LogP contribution in [-0.2, 0) is 4.74 Å². The summed E-state index contributed by atoms with van der Waals surface area (Å²) in [7, 11) is 0. The van der Waals surface area contributed by atoms with E-state index in [-0.39, 0.29) is 24.0 Å². The molecule has 3 atom stereocenters. The molecular weight excluding hydrogens is 471 g/mol. The zero-order valence-electron chi connectivity index (χ0n) is 16.9. The lowest BCUT2D eigenvalue weighted by Crippen LogP contribution is -2.49. The molecule has 27 heavy (non-hydrogen) atoms. The number of guanidine groups is 1. The van der Waals surface area contributed by atoms with Crippen molar-refractivity contribution in [3.63, 3.8) is 0 Å². The van der Waals surface area contributed by atoms with Gasteiger partial charge in [-0.1, -0.05) is 19.9 Å². The molecule has 2 fully saturated rings. The first-order valence-corrected chi connectivity index (χ1v) is 10.9. The summed E-state index contributed by atoms with van der Waals surface area (Å²) >= 11 is 1.84. The summed E-state index contributed by atoms with van der Waals surface area (Å²) in [5, 5.41) is 5.71. The van der Waals surface area contributed by atoms with Crippen molar-refractivity contribution in [1.82, 2.24) is 15.1 Å². The standard InChI is InChI=1S/C20H34N4OS.HI/c1-4-21-20(24-14-16(2)12-17(3)15-24)22-13-18(19-6-5-11-26-19)23-7-9-25-10-8-23;/h5-6,11,16-18H,4,7-10,12-15H2,1-3H3,(H,21,22);1H. The van der Waals surface area contributed by atoms with Crippen LogP contribution in [0, 0.1) is 11.8 Å². The van der Waals surface area contributed by atoms with E-state index < -0.39 is 0 Å². The Kier molecular flexibility index (Phi) is 9.82. The Bertz CT molecular complexity index is 552. The van der Waals surface area contributed by atoms with Crippen molar-refractivity contribution in [2.75, 3.05) is 52.5 Å². The molecule has 5 nitrogen and oxygen atoms in total. The molecule has 0 saturated carbocycles. The highest BCUT2D eigenvalue weighted by molar-refractivity contribution is 14.0. The molecule has 1 aromatic heterocycles. The van der Waals surface area contributed by atoms with Gasteiger partial charge in [-0.2, -0.15) is 0 Å². The molecule has 0 radical (unpaired) electrons. The number of hydrogen-bond acceptors (Lipinski definition) is 4. The fraction of sp³-hybridized carbons (Fsp3) is 0.750. The van der Waals surface area contributed by atoms with Crippen LogP contribution in [0.15, 0.2) is 22.5 Å². The van der Waals surface area contributed by atoms with Crippen molar-refractivity contribution in [1.29, 1.82) is 0 Å². The van der Waals surface area contributed by atoms with Crippen LogP contribution in [0.4, 0.5) is 0 Å². The van der Waals surface area contributed by atoms with Crippen LogP contribution < -0.4 is 5.32 Å². The van der Waals surface area contributed by atoms with Crippen LogP contribution in [-0.4, -0.2) is 68.2 Å². The Morgan fingerprint density at radius 1 is 1.30 bits per heavy atom. The molecule has 0 bridgehead atoms. The normalized spacial score (nSPS) is 25.7. The number of aliphatic imine (C=N–C) groups is 1. The lowest BCUT2D eigenvalue weighted by Gasteiger charge is -2.38. The van der Waals surface area contributed by atoms with E-state index in [9.17, 15) is 0 Å². The Balaban J connectivity index is 0.00000261. The molecule has 154 valence electrons. The average Bonchev–Trinajstić information content (AvgIpc) is 3.15. The SMILES string of the molecule is CCNC(=NCC(c1cccs1)N1CCOCC1)N1CC(C)CC(C)C1.I. The molecule has 0 aromatic carbocycles. The van der Waals surface area contributed by atoms with E-state index in [0.29, 0.717) is 6.04 Å². The van der Waals surface area contributed by atoms with Crippen molar-refractivity contribution in [2.24, 2.45) is 16.8 Å². The maximum absolute atomic E-state index is 5.56. The number of morpholine rings is 1. The predicted octanol–water partition coefficient (Wildman–Crippen LogP) is 3.68. The van der Waals surface area contributed by atoms with E-state index in [0.717, 1.165) is 70.3 Å². The van der Waals surface area contributed by atoms with Gasteiger partial charge in [0.25, 0.3) is 0 Å². The van der Waals surface area contributed by atoms with E-state index in [4.69, 9.17) is 9.73 Å². The first-order valence-electron chi connectivity index (χ1n) is 10.1. The number of rotatable bonds is 5. The monoisotopic (exact) mass is 506 g/mol. The van der Waals surface area contributed by atoms with Crippen molar-refractivity contribution in [2.45, 2.75) is 33.2 Å². The number of likely N-dealkylation sites (tertiary alicyclic amines) is 1. The average molecular weight is 506 g/mol. The van der Waals surface area contributed by atoms with Crippen LogP contribution in [0.1, 0.15) is 38.1 Å². The molecule has 2 saturated heterocycles. The van der Waals surface area contributed by atoms with Gasteiger partial charge in [-0.15, -0.1) is 35.3 Å². The second-order valence-corrected chi connectivity index (χ2v) is 8.70. The van der Waals surface area contributed by atoms with Gasteiger partial charge in [0, 0.05) is 37.6 Å². The van der Waals surface area contributed by atoms with E-state index in [1.165, 1.54) is 11.3 Å². The second kappa shape index (κ2) is 11.6. The van der Waals surface area contributed by atoms with Gasteiger partial charge in [0.05, 0.1) is 25.8 Å². The zero-order valence-corrected chi connectivity index (χ0v) is 20.0. The Morgan fingerprint density at radius 3 is 2.59 bits per heavy atom. The summed E-state index contributed by atoms with van der Waals surface area (Å²) in [5.74, 6) is 2.55. The van der Waals surface area contributed by atoms with E-state index in [1.54, 1.807) is 0 Å². The molecule has 3 rings (SSSR count). The van der Waals surface area contributed by atoms with Gasteiger partial charge < -0.3 is 15.0 Å². The minimum Gasteiger partial charge on any atom is -0.379 e. The van der Waals surface area contributed by atoms with Crippen molar-refractivity contribution >= 4 is 41.3 Å². The minimum atomic E-state index is 0. The van der Waals surface area contributed by atoms with Crippen molar-refractivity contribution in [3.8, 4) is 0 Å². The third kappa shape index (κ3) is 6.58. The number of hydrogen-bond donors (Lipinski definition) is 1. The van der Waals surface area contributed by atoms with Crippen LogP contribution in [0.5, 0.6) is 0 Å². The molecule has 1 aromatic rings. The fourth-order valence-electron chi connectivity index (χ4n) is 4.19. The minimum absolute atomic E-state index is 0. The first-order chi connectivity index (χ1) is 12.7. The molecule has 0 aliphatic carbocycles. The number of nitrogens with one attached hydrogen (secondary N) is 1. The summed E-state index contributed by atoms with van der Waals surface area (Å²) in [6, 6.07) is 4.75. The van der Waals surface area contributed by atoms with Gasteiger partial charge in [0.2, 0.25) is 0 Å². The van der Waals surface area contributed by atoms with Gasteiger partial charge in [0.15, 0.2) is 5.96 Å². The number of piperidine rings is 1. The largest absolute Gasteiger partial charge is 0.379 e. The highest BCUT2D eigenvalue weighted by Crippen LogP contribution is 2.27. The van der Waals surface area contributed by atoms with Crippen LogP contribution in [0.25, 0.3) is 0 Å². The Morgan fingerprint density at radius 2 is 2.00 bits per heavy atom. The van der Waals surface area contributed by atoms with Crippen molar-refractivity contribution in [3.05, 3.63) is 22.4 Å².